The molecule has 2 rings (SSSR count). The molecule has 0 aliphatic carbocycles. The van der Waals surface area contributed by atoms with Gasteiger partial charge in [-0.25, -0.2) is 0 Å². The van der Waals surface area contributed by atoms with Crippen LogP contribution in [-0.2, 0) is 0 Å². The monoisotopic (exact) mass is 337 g/mol. The van der Waals surface area contributed by atoms with E-state index in [0.29, 0.717) is 18.8 Å². The second-order valence-corrected chi connectivity index (χ2v) is 5.46. The lowest BCUT2D eigenvalue weighted by atomic mass is 10.2. The summed E-state index contributed by atoms with van der Waals surface area (Å²) in [6.07, 6.45) is 0. The Labute approximate surface area is 144 Å². The number of benzene rings is 1. The van der Waals surface area contributed by atoms with Gasteiger partial charge in [-0.05, 0) is 19.2 Å². The smallest absolute Gasteiger partial charge is 0.294 e. The fraction of sp³-hybridized carbons (Fsp3) is 0.312. The maximum absolute atomic E-state index is 11.4. The van der Waals surface area contributed by atoms with E-state index in [0.717, 1.165) is 13.1 Å². The van der Waals surface area contributed by atoms with Gasteiger partial charge in [-0.1, -0.05) is 0 Å². The van der Waals surface area contributed by atoms with Crippen molar-refractivity contribution >= 4 is 17.1 Å². The Hall–Kier alpha value is -3.61. The summed E-state index contributed by atoms with van der Waals surface area (Å²) in [5.74, 6) is 0. The maximum Gasteiger partial charge on any atom is 0.294 e. The predicted molar refractivity (Wildman–Crippen MR) is 90.3 cm³/mol. The van der Waals surface area contributed by atoms with E-state index in [1.807, 2.05) is 11.9 Å². The summed E-state index contributed by atoms with van der Waals surface area (Å²) in [5.41, 5.74) is 0.0540. The number of rotatable bonds is 4. The van der Waals surface area contributed by atoms with Crippen molar-refractivity contribution in [2.45, 2.75) is 0 Å². The zero-order valence-electron chi connectivity index (χ0n) is 13.6. The van der Waals surface area contributed by atoms with Crippen molar-refractivity contribution in [2.24, 2.45) is 0 Å². The highest BCUT2D eigenvalue weighted by Gasteiger charge is 2.23. The fourth-order valence-corrected chi connectivity index (χ4v) is 2.49. The number of anilines is 2. The van der Waals surface area contributed by atoms with Crippen LogP contribution in [0, 0.1) is 44.1 Å². The predicted octanol–water partition coefficient (Wildman–Crippen LogP) is 1.58. The summed E-state index contributed by atoms with van der Waals surface area (Å²) in [7, 11) is 2.00. The first-order chi connectivity index (χ1) is 12.0. The molecule has 25 heavy (non-hydrogen) atoms. The van der Waals surface area contributed by atoms with Crippen LogP contribution in [0.2, 0.25) is 0 Å². The Morgan fingerprint density at radius 2 is 1.80 bits per heavy atom. The summed E-state index contributed by atoms with van der Waals surface area (Å²) < 4.78 is 0. The van der Waals surface area contributed by atoms with Gasteiger partial charge < -0.3 is 15.1 Å². The van der Waals surface area contributed by atoms with Crippen LogP contribution in [0.3, 0.4) is 0 Å². The molecule has 1 fully saturated rings. The second kappa shape index (κ2) is 7.78. The number of piperazine rings is 1. The van der Waals surface area contributed by atoms with E-state index in [9.17, 15) is 10.1 Å². The summed E-state index contributed by atoms with van der Waals surface area (Å²) in [6.45, 7) is 2.99. The van der Waals surface area contributed by atoms with Crippen LogP contribution in [0.5, 0.6) is 0 Å². The van der Waals surface area contributed by atoms with Crippen LogP contribution in [0.4, 0.5) is 17.1 Å². The quantitative estimate of drug-likeness (QED) is 0.497. The molecule has 0 aromatic heterocycles. The van der Waals surface area contributed by atoms with E-state index in [4.69, 9.17) is 15.8 Å². The van der Waals surface area contributed by atoms with Crippen LogP contribution in [-0.4, -0.2) is 43.0 Å². The Kier molecular flexibility index (Phi) is 5.52. The van der Waals surface area contributed by atoms with Gasteiger partial charge in [0, 0.05) is 37.9 Å². The third-order valence-electron chi connectivity index (χ3n) is 3.87. The van der Waals surface area contributed by atoms with Gasteiger partial charge in [0.25, 0.3) is 5.69 Å². The van der Waals surface area contributed by atoms with Gasteiger partial charge >= 0.3 is 0 Å². The molecule has 0 saturated carbocycles. The van der Waals surface area contributed by atoms with E-state index in [1.54, 1.807) is 30.3 Å². The minimum atomic E-state index is -0.482. The topological polar surface area (TPSA) is 133 Å². The van der Waals surface area contributed by atoms with Crippen LogP contribution in [0.1, 0.15) is 0 Å². The summed E-state index contributed by atoms with van der Waals surface area (Å²) in [6, 6.07) is 9.45. The molecule has 0 bridgehead atoms. The van der Waals surface area contributed by atoms with E-state index >= 15 is 0 Å². The largest absolute Gasteiger partial charge is 0.363 e. The van der Waals surface area contributed by atoms with Crippen molar-refractivity contribution < 1.29 is 4.92 Å². The molecule has 1 aromatic rings. The molecule has 1 aliphatic heterocycles. The second-order valence-electron chi connectivity index (χ2n) is 5.46. The molecule has 0 radical (unpaired) electrons. The van der Waals surface area contributed by atoms with Gasteiger partial charge in [0.15, 0.2) is 5.57 Å². The zero-order chi connectivity index (χ0) is 18.4. The Bertz CT molecular complexity index is 818. The van der Waals surface area contributed by atoms with Crippen molar-refractivity contribution in [3.8, 4) is 18.2 Å². The minimum absolute atomic E-state index is 0.0951. The number of hydrogen-bond donors (Lipinski definition) is 1. The third kappa shape index (κ3) is 4.03. The van der Waals surface area contributed by atoms with Gasteiger partial charge in [-0.2, -0.15) is 15.8 Å². The first-order valence-electron chi connectivity index (χ1n) is 7.43. The molecule has 1 saturated heterocycles. The third-order valence-corrected chi connectivity index (χ3v) is 3.87. The van der Waals surface area contributed by atoms with Crippen molar-refractivity contribution in [2.75, 3.05) is 43.4 Å². The highest BCUT2D eigenvalue weighted by molar-refractivity contribution is 5.71. The van der Waals surface area contributed by atoms with E-state index < -0.39 is 4.92 Å². The first kappa shape index (κ1) is 17.7. The van der Waals surface area contributed by atoms with E-state index in [-0.39, 0.29) is 22.6 Å². The van der Waals surface area contributed by atoms with Gasteiger partial charge in [-0.3, -0.25) is 10.1 Å². The standard InChI is InChI=1S/C16H15N7O2/c1-21-4-6-22(7-5-21)15-3-2-13(8-16(15)23(24)25)20-14(11-19)12(9-17)10-18/h2-3,8,20H,4-7H2,1H3. The number of likely N-dealkylation sites (N-methyl/N-ethyl adjacent to an activating group) is 1. The van der Waals surface area contributed by atoms with Gasteiger partial charge in [0.05, 0.1) is 4.92 Å². The number of hydrogen-bond acceptors (Lipinski definition) is 8. The maximum atomic E-state index is 11.4. The fourth-order valence-electron chi connectivity index (χ4n) is 2.49. The molecule has 1 N–H and O–H groups in total. The Morgan fingerprint density at radius 1 is 1.16 bits per heavy atom. The molecule has 1 aliphatic rings. The van der Waals surface area contributed by atoms with Gasteiger partial charge in [0.1, 0.15) is 29.6 Å². The molecule has 1 heterocycles. The average Bonchev–Trinajstić information content (AvgIpc) is 2.62. The average molecular weight is 337 g/mol. The van der Waals surface area contributed by atoms with Crippen molar-refractivity contribution in [3.05, 3.63) is 39.6 Å². The van der Waals surface area contributed by atoms with Gasteiger partial charge in [-0.15, -0.1) is 0 Å². The highest BCUT2D eigenvalue weighted by atomic mass is 16.6. The number of nitrogens with one attached hydrogen (secondary N) is 1. The molecule has 126 valence electrons. The molecule has 9 nitrogen and oxygen atoms in total. The molecule has 0 spiro atoms. The van der Waals surface area contributed by atoms with E-state index in [1.165, 1.54) is 6.07 Å². The molecule has 9 heteroatoms. The first-order valence-corrected chi connectivity index (χ1v) is 7.43. The number of nitro groups is 1. The minimum Gasteiger partial charge on any atom is -0.363 e. The summed E-state index contributed by atoms with van der Waals surface area (Å²) in [5, 5.41) is 40.8. The molecular weight excluding hydrogens is 322 g/mol. The number of nitriles is 3. The molecule has 1 aromatic carbocycles. The van der Waals surface area contributed by atoms with Crippen LogP contribution in [0.25, 0.3) is 0 Å². The lowest BCUT2D eigenvalue weighted by molar-refractivity contribution is -0.384. The van der Waals surface area contributed by atoms with Crippen LogP contribution < -0.4 is 10.2 Å². The molecular formula is C16H15N7O2. The molecule has 0 unspecified atom stereocenters. The van der Waals surface area contributed by atoms with Crippen LogP contribution in [0.15, 0.2) is 29.5 Å². The number of nitrogens with zero attached hydrogens (tertiary/aromatic N) is 6. The highest BCUT2D eigenvalue weighted by Crippen LogP contribution is 2.32. The Morgan fingerprint density at radius 3 is 2.32 bits per heavy atom. The number of nitro benzene ring substituents is 1. The summed E-state index contributed by atoms with van der Waals surface area (Å²) in [4.78, 5) is 15.0. The molecule has 0 amide bonds. The summed E-state index contributed by atoms with van der Waals surface area (Å²) >= 11 is 0. The van der Waals surface area contributed by atoms with Crippen molar-refractivity contribution in [1.82, 2.24) is 4.90 Å². The van der Waals surface area contributed by atoms with Crippen molar-refractivity contribution in [1.29, 1.82) is 15.8 Å². The van der Waals surface area contributed by atoms with Crippen molar-refractivity contribution in [3.63, 3.8) is 0 Å². The van der Waals surface area contributed by atoms with Gasteiger partial charge in [0.2, 0.25) is 0 Å². The lowest BCUT2D eigenvalue weighted by Crippen LogP contribution is -2.44. The van der Waals surface area contributed by atoms with E-state index in [2.05, 4.69) is 10.2 Å². The normalized spacial score (nSPS) is 13.9. The SMILES string of the molecule is CN1CCN(c2ccc(NC(C#N)=C(C#N)C#N)cc2[N+](=O)[O-])CC1. The zero-order valence-corrected chi connectivity index (χ0v) is 13.6. The van der Waals surface area contributed by atoms with Crippen LogP contribution >= 0.6 is 0 Å². The molecule has 0 atom stereocenters. The lowest BCUT2D eigenvalue weighted by Gasteiger charge is -2.33. The number of allylic oxidation sites excluding steroid dienone is 2. The Balaban J connectivity index is 2.35.